The fourth-order valence-corrected chi connectivity index (χ4v) is 3.91. The maximum Gasteiger partial charge on any atom is 0.358 e. The Morgan fingerprint density at radius 2 is 1.85 bits per heavy atom. The molecule has 1 amide bonds. The van der Waals surface area contributed by atoms with Gasteiger partial charge in [-0.2, -0.15) is 0 Å². The van der Waals surface area contributed by atoms with Gasteiger partial charge in [-0.3, -0.25) is 4.79 Å². The molecule has 0 bridgehead atoms. The standard InChI is InChI=1S/C19H21ClN2O3S/c20-14-9-7-13(8-10-14)18-22-16(12-26-18)19(24)25-11-17(23)21-15-5-3-1-2-4-6-15/h7-10,12,15H,1-6,11H2,(H,21,23). The molecule has 5 nitrogen and oxygen atoms in total. The van der Waals surface area contributed by atoms with E-state index in [1.165, 1.54) is 24.2 Å². The van der Waals surface area contributed by atoms with Crippen molar-refractivity contribution in [2.45, 2.75) is 44.6 Å². The molecule has 138 valence electrons. The van der Waals surface area contributed by atoms with E-state index in [9.17, 15) is 9.59 Å². The molecule has 1 fully saturated rings. The summed E-state index contributed by atoms with van der Waals surface area (Å²) in [5.41, 5.74) is 1.09. The molecular formula is C19H21ClN2O3S. The molecule has 1 aliphatic carbocycles. The summed E-state index contributed by atoms with van der Waals surface area (Å²) < 4.78 is 5.10. The second-order valence-corrected chi connectivity index (χ2v) is 7.67. The van der Waals surface area contributed by atoms with Crippen molar-refractivity contribution >= 4 is 34.8 Å². The lowest BCUT2D eigenvalue weighted by Crippen LogP contribution is -2.37. The third-order valence-electron chi connectivity index (χ3n) is 4.36. The van der Waals surface area contributed by atoms with Crippen LogP contribution in [0, 0.1) is 0 Å². The van der Waals surface area contributed by atoms with Gasteiger partial charge in [-0.1, -0.05) is 49.4 Å². The molecule has 0 atom stereocenters. The monoisotopic (exact) mass is 392 g/mol. The van der Waals surface area contributed by atoms with Crippen LogP contribution in [0.2, 0.25) is 5.02 Å². The van der Waals surface area contributed by atoms with E-state index in [0.717, 1.165) is 31.2 Å². The number of hydrogen-bond acceptors (Lipinski definition) is 5. The highest BCUT2D eigenvalue weighted by atomic mass is 35.5. The Kier molecular flexibility index (Phi) is 6.63. The maximum atomic E-state index is 12.1. The number of aromatic nitrogens is 1. The molecular weight excluding hydrogens is 372 g/mol. The summed E-state index contributed by atoms with van der Waals surface area (Å²) in [6.45, 7) is -0.275. The van der Waals surface area contributed by atoms with Crippen LogP contribution in [0.3, 0.4) is 0 Å². The molecule has 0 spiro atoms. The number of nitrogens with one attached hydrogen (secondary N) is 1. The highest BCUT2D eigenvalue weighted by Crippen LogP contribution is 2.25. The number of thiazole rings is 1. The van der Waals surface area contributed by atoms with E-state index in [0.29, 0.717) is 10.0 Å². The molecule has 1 aromatic carbocycles. The SMILES string of the molecule is O=C(COC(=O)c1csc(-c2ccc(Cl)cc2)n1)NC1CCCCCC1. The van der Waals surface area contributed by atoms with Crippen LogP contribution in [0.25, 0.3) is 10.6 Å². The van der Waals surface area contributed by atoms with E-state index < -0.39 is 5.97 Å². The Labute approximate surface area is 161 Å². The van der Waals surface area contributed by atoms with E-state index in [1.54, 1.807) is 17.5 Å². The topological polar surface area (TPSA) is 68.3 Å². The zero-order chi connectivity index (χ0) is 18.4. The summed E-state index contributed by atoms with van der Waals surface area (Å²) in [7, 11) is 0. The van der Waals surface area contributed by atoms with Crippen LogP contribution < -0.4 is 5.32 Å². The van der Waals surface area contributed by atoms with Crippen molar-refractivity contribution in [1.29, 1.82) is 0 Å². The van der Waals surface area contributed by atoms with Crippen LogP contribution in [-0.2, 0) is 9.53 Å². The van der Waals surface area contributed by atoms with Gasteiger partial charge in [0.2, 0.25) is 0 Å². The van der Waals surface area contributed by atoms with Gasteiger partial charge in [-0.25, -0.2) is 9.78 Å². The molecule has 1 heterocycles. The number of rotatable bonds is 5. The molecule has 0 unspecified atom stereocenters. The first-order valence-corrected chi connectivity index (χ1v) is 10.1. The van der Waals surface area contributed by atoms with Crippen molar-refractivity contribution in [3.63, 3.8) is 0 Å². The average Bonchev–Trinajstić information content (AvgIpc) is 2.99. The first-order valence-electron chi connectivity index (χ1n) is 8.80. The number of carbonyl (C=O) groups excluding carboxylic acids is 2. The third kappa shape index (κ3) is 5.29. The van der Waals surface area contributed by atoms with Gasteiger partial charge in [-0.15, -0.1) is 11.3 Å². The van der Waals surface area contributed by atoms with Gasteiger partial charge in [0.25, 0.3) is 5.91 Å². The zero-order valence-corrected chi connectivity index (χ0v) is 15.9. The second kappa shape index (κ2) is 9.14. The lowest BCUT2D eigenvalue weighted by atomic mass is 10.1. The van der Waals surface area contributed by atoms with Crippen molar-refractivity contribution in [3.05, 3.63) is 40.4 Å². The van der Waals surface area contributed by atoms with E-state index in [-0.39, 0.29) is 24.2 Å². The van der Waals surface area contributed by atoms with Crippen molar-refractivity contribution in [2.24, 2.45) is 0 Å². The predicted octanol–water partition coefficient (Wildman–Crippen LogP) is 4.46. The molecule has 2 aromatic rings. The molecule has 26 heavy (non-hydrogen) atoms. The first-order chi connectivity index (χ1) is 12.6. The van der Waals surface area contributed by atoms with Crippen LogP contribution in [0.15, 0.2) is 29.6 Å². The van der Waals surface area contributed by atoms with E-state index >= 15 is 0 Å². The predicted molar refractivity (Wildman–Crippen MR) is 102 cm³/mol. The van der Waals surface area contributed by atoms with E-state index in [4.69, 9.17) is 16.3 Å². The maximum absolute atomic E-state index is 12.1. The fraction of sp³-hybridized carbons (Fsp3) is 0.421. The molecule has 0 aliphatic heterocycles. The molecule has 7 heteroatoms. The van der Waals surface area contributed by atoms with Crippen molar-refractivity contribution in [2.75, 3.05) is 6.61 Å². The molecule has 1 aromatic heterocycles. The van der Waals surface area contributed by atoms with Crippen LogP contribution in [0.5, 0.6) is 0 Å². The van der Waals surface area contributed by atoms with Gasteiger partial charge >= 0.3 is 5.97 Å². The highest BCUT2D eigenvalue weighted by Gasteiger charge is 2.18. The van der Waals surface area contributed by atoms with Crippen LogP contribution in [-0.4, -0.2) is 29.5 Å². The summed E-state index contributed by atoms with van der Waals surface area (Å²) in [6.07, 6.45) is 6.71. The van der Waals surface area contributed by atoms with Crippen LogP contribution in [0.4, 0.5) is 0 Å². The number of halogens is 1. The summed E-state index contributed by atoms with van der Waals surface area (Å²) in [5.74, 6) is -0.837. The van der Waals surface area contributed by atoms with Crippen LogP contribution >= 0.6 is 22.9 Å². The second-order valence-electron chi connectivity index (χ2n) is 6.38. The molecule has 1 N–H and O–H groups in total. The Balaban J connectivity index is 1.50. The number of amides is 1. The number of nitrogens with zero attached hydrogens (tertiary/aromatic N) is 1. The van der Waals surface area contributed by atoms with Crippen LogP contribution in [0.1, 0.15) is 49.0 Å². The fourth-order valence-electron chi connectivity index (χ4n) is 2.99. The number of carbonyl (C=O) groups is 2. The highest BCUT2D eigenvalue weighted by molar-refractivity contribution is 7.13. The van der Waals surface area contributed by atoms with Crippen molar-refractivity contribution < 1.29 is 14.3 Å². The Bertz CT molecular complexity index is 752. The minimum Gasteiger partial charge on any atom is -0.451 e. The number of ether oxygens (including phenoxy) is 1. The van der Waals surface area contributed by atoms with Gasteiger partial charge in [0.15, 0.2) is 12.3 Å². The number of hydrogen-bond donors (Lipinski definition) is 1. The van der Waals surface area contributed by atoms with E-state index in [1.807, 2.05) is 12.1 Å². The lowest BCUT2D eigenvalue weighted by molar-refractivity contribution is -0.125. The summed E-state index contributed by atoms with van der Waals surface area (Å²) in [5, 5.41) is 5.94. The largest absolute Gasteiger partial charge is 0.451 e. The molecule has 0 saturated heterocycles. The summed E-state index contributed by atoms with van der Waals surface area (Å²) in [6, 6.07) is 7.43. The van der Waals surface area contributed by atoms with E-state index in [2.05, 4.69) is 10.3 Å². The molecule has 0 radical (unpaired) electrons. The Morgan fingerprint density at radius 3 is 2.54 bits per heavy atom. The zero-order valence-electron chi connectivity index (χ0n) is 14.4. The normalized spacial score (nSPS) is 15.3. The Hall–Kier alpha value is -1.92. The first kappa shape index (κ1) is 18.9. The Morgan fingerprint density at radius 1 is 1.15 bits per heavy atom. The number of esters is 1. The smallest absolute Gasteiger partial charge is 0.358 e. The lowest BCUT2D eigenvalue weighted by Gasteiger charge is -2.15. The van der Waals surface area contributed by atoms with Gasteiger partial charge in [-0.05, 0) is 25.0 Å². The summed E-state index contributed by atoms with van der Waals surface area (Å²) >= 11 is 7.22. The van der Waals surface area contributed by atoms with Crippen molar-refractivity contribution in [1.82, 2.24) is 10.3 Å². The van der Waals surface area contributed by atoms with Gasteiger partial charge in [0, 0.05) is 22.0 Å². The van der Waals surface area contributed by atoms with Crippen molar-refractivity contribution in [3.8, 4) is 10.6 Å². The minimum absolute atomic E-state index is 0.194. The molecule has 1 saturated carbocycles. The molecule has 3 rings (SSSR count). The molecule has 1 aliphatic rings. The van der Waals surface area contributed by atoms with Gasteiger partial charge < -0.3 is 10.1 Å². The third-order valence-corrected chi connectivity index (χ3v) is 5.50. The average molecular weight is 393 g/mol. The minimum atomic E-state index is -0.586. The quantitative estimate of drug-likeness (QED) is 0.602. The number of benzene rings is 1. The summed E-state index contributed by atoms with van der Waals surface area (Å²) in [4.78, 5) is 28.4. The van der Waals surface area contributed by atoms with Gasteiger partial charge in [0.05, 0.1) is 0 Å². The van der Waals surface area contributed by atoms with Gasteiger partial charge in [0.1, 0.15) is 5.01 Å².